The lowest BCUT2D eigenvalue weighted by molar-refractivity contribution is -0.120. The van der Waals surface area contributed by atoms with E-state index in [4.69, 9.17) is 11.6 Å². The zero-order valence-corrected chi connectivity index (χ0v) is 15.3. The maximum Gasteiger partial charge on any atom is 0.133 e. The van der Waals surface area contributed by atoms with Gasteiger partial charge in [-0.25, -0.2) is 0 Å². The SMILES string of the molecule is Cc1ccc(/C(Cl)=C2/CCCC23CCC(=O)CC(C)(C)C3)cc1. The summed E-state index contributed by atoms with van der Waals surface area (Å²) in [6.07, 6.45) is 6.95. The molecule has 0 saturated heterocycles. The monoisotopic (exact) mass is 330 g/mol. The normalized spacial score (nSPS) is 29.7. The predicted octanol–water partition coefficient (Wildman–Crippen LogP) is 6.28. The first-order valence-corrected chi connectivity index (χ1v) is 9.17. The Morgan fingerprint density at radius 2 is 1.78 bits per heavy atom. The molecule has 2 heteroatoms. The highest BCUT2D eigenvalue weighted by Crippen LogP contribution is 2.57. The highest BCUT2D eigenvalue weighted by atomic mass is 35.5. The van der Waals surface area contributed by atoms with Crippen LogP contribution in [0.4, 0.5) is 0 Å². The van der Waals surface area contributed by atoms with Gasteiger partial charge in [-0.1, -0.05) is 55.3 Å². The molecule has 3 rings (SSSR count). The zero-order chi connectivity index (χ0) is 16.7. The number of hydrogen-bond donors (Lipinski definition) is 0. The summed E-state index contributed by atoms with van der Waals surface area (Å²) >= 11 is 6.87. The fourth-order valence-electron chi connectivity index (χ4n) is 4.78. The van der Waals surface area contributed by atoms with Crippen molar-refractivity contribution < 1.29 is 4.79 Å². The summed E-state index contributed by atoms with van der Waals surface area (Å²) in [6, 6.07) is 8.51. The zero-order valence-electron chi connectivity index (χ0n) is 14.5. The van der Waals surface area contributed by atoms with Gasteiger partial charge in [-0.3, -0.25) is 4.79 Å². The Hall–Kier alpha value is -1.08. The van der Waals surface area contributed by atoms with Crippen LogP contribution in [-0.4, -0.2) is 5.78 Å². The highest BCUT2D eigenvalue weighted by Gasteiger charge is 2.46. The van der Waals surface area contributed by atoms with Crippen molar-refractivity contribution in [2.24, 2.45) is 10.8 Å². The molecule has 2 aliphatic carbocycles. The van der Waals surface area contributed by atoms with Crippen LogP contribution in [0.3, 0.4) is 0 Å². The van der Waals surface area contributed by atoms with E-state index in [1.807, 2.05) is 0 Å². The number of ketones is 1. The van der Waals surface area contributed by atoms with Crippen LogP contribution in [0, 0.1) is 17.8 Å². The van der Waals surface area contributed by atoms with E-state index in [9.17, 15) is 4.79 Å². The first-order valence-electron chi connectivity index (χ1n) is 8.79. The first-order chi connectivity index (χ1) is 10.8. The summed E-state index contributed by atoms with van der Waals surface area (Å²) in [5.74, 6) is 0.421. The third-order valence-electron chi connectivity index (χ3n) is 5.67. The Balaban J connectivity index is 2.02. The second-order valence-electron chi connectivity index (χ2n) is 8.35. The summed E-state index contributed by atoms with van der Waals surface area (Å²) in [4.78, 5) is 12.2. The van der Waals surface area contributed by atoms with Crippen molar-refractivity contribution in [3.8, 4) is 0 Å². The van der Waals surface area contributed by atoms with E-state index in [1.54, 1.807) is 0 Å². The molecule has 23 heavy (non-hydrogen) atoms. The van der Waals surface area contributed by atoms with E-state index in [1.165, 1.54) is 24.0 Å². The Labute approximate surface area is 145 Å². The van der Waals surface area contributed by atoms with Crippen molar-refractivity contribution in [2.75, 3.05) is 0 Å². The largest absolute Gasteiger partial charge is 0.300 e. The summed E-state index contributed by atoms with van der Waals surface area (Å²) in [7, 11) is 0. The third-order valence-corrected chi connectivity index (χ3v) is 6.11. The summed E-state index contributed by atoms with van der Waals surface area (Å²) in [6.45, 7) is 6.59. The quantitative estimate of drug-likeness (QED) is 0.591. The standard InChI is InChI=1S/C21H27ClO/c1-15-6-8-16(9-7-15)19(22)18-5-4-11-21(18)12-10-17(23)13-20(2,3)14-21/h6-9H,4-5,10-14H2,1-3H3/b19-18+. The predicted molar refractivity (Wildman–Crippen MR) is 97.5 cm³/mol. The molecule has 0 radical (unpaired) electrons. The Kier molecular flexibility index (Phi) is 4.44. The fourth-order valence-corrected chi connectivity index (χ4v) is 5.20. The van der Waals surface area contributed by atoms with Gasteiger partial charge in [-0.05, 0) is 61.0 Å². The molecule has 1 aromatic rings. The second-order valence-corrected chi connectivity index (χ2v) is 8.73. The molecule has 0 bridgehead atoms. The van der Waals surface area contributed by atoms with Crippen LogP contribution in [0.15, 0.2) is 29.8 Å². The van der Waals surface area contributed by atoms with Crippen molar-refractivity contribution >= 4 is 22.4 Å². The molecule has 1 nitrogen and oxygen atoms in total. The van der Waals surface area contributed by atoms with Crippen LogP contribution >= 0.6 is 11.6 Å². The number of hydrogen-bond acceptors (Lipinski definition) is 1. The number of Topliss-reactive ketones (excluding diaryl/α,β-unsaturated/α-hetero) is 1. The number of benzene rings is 1. The van der Waals surface area contributed by atoms with E-state index in [-0.39, 0.29) is 10.8 Å². The average molecular weight is 331 g/mol. The number of aryl methyl sites for hydroxylation is 1. The van der Waals surface area contributed by atoms with Crippen LogP contribution in [0.5, 0.6) is 0 Å². The van der Waals surface area contributed by atoms with Gasteiger partial charge < -0.3 is 0 Å². The van der Waals surface area contributed by atoms with Crippen LogP contribution in [0.1, 0.15) is 69.9 Å². The molecule has 0 aromatic heterocycles. The van der Waals surface area contributed by atoms with E-state index < -0.39 is 0 Å². The second kappa shape index (κ2) is 6.09. The van der Waals surface area contributed by atoms with Gasteiger partial charge in [-0.15, -0.1) is 0 Å². The summed E-state index contributed by atoms with van der Waals surface area (Å²) < 4.78 is 0. The average Bonchev–Trinajstić information content (AvgIpc) is 2.82. The molecule has 1 unspecified atom stereocenters. The van der Waals surface area contributed by atoms with Gasteiger partial charge >= 0.3 is 0 Å². The van der Waals surface area contributed by atoms with Crippen LogP contribution in [0.25, 0.3) is 5.03 Å². The van der Waals surface area contributed by atoms with Gasteiger partial charge in [0.15, 0.2) is 0 Å². The minimum absolute atomic E-state index is 0.0770. The summed E-state index contributed by atoms with van der Waals surface area (Å²) in [5.41, 5.74) is 4.00. The van der Waals surface area contributed by atoms with Gasteiger partial charge in [0.25, 0.3) is 0 Å². The molecule has 0 heterocycles. The van der Waals surface area contributed by atoms with Gasteiger partial charge in [0.05, 0.1) is 0 Å². The molecule has 2 aliphatic rings. The number of carbonyl (C=O) groups excluding carboxylic acids is 1. The molecular weight excluding hydrogens is 304 g/mol. The molecule has 0 N–H and O–H groups in total. The van der Waals surface area contributed by atoms with Crippen LogP contribution < -0.4 is 0 Å². The van der Waals surface area contributed by atoms with Crippen molar-refractivity contribution in [3.63, 3.8) is 0 Å². The molecule has 0 amide bonds. The summed E-state index contributed by atoms with van der Waals surface area (Å²) in [5, 5.41) is 0.938. The minimum atomic E-state index is 0.0770. The molecule has 2 fully saturated rings. The molecular formula is C21H27ClO. The fraction of sp³-hybridized carbons (Fsp3) is 0.571. The van der Waals surface area contributed by atoms with E-state index in [0.29, 0.717) is 18.6 Å². The lowest BCUT2D eigenvalue weighted by Crippen LogP contribution is -2.26. The molecule has 1 aromatic carbocycles. The molecule has 1 spiro atoms. The van der Waals surface area contributed by atoms with Gasteiger partial charge in [0.1, 0.15) is 5.78 Å². The number of carbonyl (C=O) groups is 1. The molecule has 0 aliphatic heterocycles. The Bertz CT molecular complexity index is 638. The highest BCUT2D eigenvalue weighted by molar-refractivity contribution is 6.49. The Morgan fingerprint density at radius 1 is 1.09 bits per heavy atom. The lowest BCUT2D eigenvalue weighted by atomic mass is 9.68. The topological polar surface area (TPSA) is 17.1 Å². The van der Waals surface area contributed by atoms with E-state index in [0.717, 1.165) is 29.9 Å². The molecule has 2 saturated carbocycles. The molecule has 124 valence electrons. The van der Waals surface area contributed by atoms with Gasteiger partial charge in [0, 0.05) is 17.9 Å². The van der Waals surface area contributed by atoms with Crippen LogP contribution in [0.2, 0.25) is 0 Å². The lowest BCUT2D eigenvalue weighted by Gasteiger charge is -2.36. The van der Waals surface area contributed by atoms with E-state index >= 15 is 0 Å². The first kappa shape index (κ1) is 16.8. The smallest absolute Gasteiger partial charge is 0.133 e. The number of halogens is 1. The van der Waals surface area contributed by atoms with Crippen molar-refractivity contribution in [2.45, 2.75) is 65.7 Å². The maximum atomic E-state index is 12.2. The van der Waals surface area contributed by atoms with Gasteiger partial charge in [0.2, 0.25) is 0 Å². The van der Waals surface area contributed by atoms with Crippen LogP contribution in [-0.2, 0) is 4.79 Å². The Morgan fingerprint density at radius 3 is 2.48 bits per heavy atom. The number of rotatable bonds is 1. The number of allylic oxidation sites excluding steroid dienone is 1. The van der Waals surface area contributed by atoms with E-state index in [2.05, 4.69) is 45.0 Å². The van der Waals surface area contributed by atoms with Crippen molar-refractivity contribution in [1.82, 2.24) is 0 Å². The molecule has 1 atom stereocenters. The van der Waals surface area contributed by atoms with Crippen molar-refractivity contribution in [1.29, 1.82) is 0 Å². The maximum absolute atomic E-state index is 12.2. The minimum Gasteiger partial charge on any atom is -0.300 e. The van der Waals surface area contributed by atoms with Crippen molar-refractivity contribution in [3.05, 3.63) is 41.0 Å². The van der Waals surface area contributed by atoms with Gasteiger partial charge in [-0.2, -0.15) is 0 Å². The third kappa shape index (κ3) is 3.40.